The van der Waals surface area contributed by atoms with Crippen molar-refractivity contribution in [2.75, 3.05) is 19.0 Å². The molecule has 0 aliphatic carbocycles. The summed E-state index contributed by atoms with van der Waals surface area (Å²) in [6.45, 7) is 4.09. The minimum absolute atomic E-state index is 0.131. The average Bonchev–Trinajstić information content (AvgIpc) is 2.67. The van der Waals surface area contributed by atoms with Gasteiger partial charge in [-0.25, -0.2) is 0 Å². The third-order valence-corrected chi connectivity index (χ3v) is 3.98. The van der Waals surface area contributed by atoms with Crippen LogP contribution in [-0.4, -0.2) is 25.5 Å². The zero-order valence-corrected chi connectivity index (χ0v) is 16.8. The standard InChI is InChI=1S/C21H23ClN2O4/c1-4-28-21-18(22)11-16(12-19(21)27-3)13-23-20(26)10-7-15-5-8-17(9-6-15)24-14(2)25/h5-12H,4,13H2,1-3H3,(H,23,26)(H,24,25). The topological polar surface area (TPSA) is 76.7 Å². The molecule has 6 nitrogen and oxygen atoms in total. The predicted octanol–water partition coefficient (Wildman–Crippen LogP) is 4.04. The number of hydrogen-bond acceptors (Lipinski definition) is 4. The van der Waals surface area contributed by atoms with Crippen LogP contribution in [0.1, 0.15) is 25.0 Å². The summed E-state index contributed by atoms with van der Waals surface area (Å²) in [6, 6.07) is 10.7. The molecule has 0 radical (unpaired) electrons. The van der Waals surface area contributed by atoms with E-state index in [2.05, 4.69) is 10.6 Å². The Morgan fingerprint density at radius 3 is 2.50 bits per heavy atom. The summed E-state index contributed by atoms with van der Waals surface area (Å²) in [6.07, 6.45) is 3.14. The van der Waals surface area contributed by atoms with E-state index in [9.17, 15) is 9.59 Å². The van der Waals surface area contributed by atoms with Gasteiger partial charge in [0.25, 0.3) is 0 Å². The summed E-state index contributed by atoms with van der Waals surface area (Å²) in [5, 5.41) is 5.92. The smallest absolute Gasteiger partial charge is 0.244 e. The number of hydrogen-bond donors (Lipinski definition) is 2. The van der Waals surface area contributed by atoms with Crippen LogP contribution in [0.2, 0.25) is 5.02 Å². The van der Waals surface area contributed by atoms with E-state index in [4.69, 9.17) is 21.1 Å². The normalized spacial score (nSPS) is 10.6. The molecule has 0 unspecified atom stereocenters. The monoisotopic (exact) mass is 402 g/mol. The Hall–Kier alpha value is -2.99. The molecule has 0 aromatic heterocycles. The zero-order chi connectivity index (χ0) is 20.5. The molecule has 0 saturated heterocycles. The van der Waals surface area contributed by atoms with E-state index in [1.54, 1.807) is 30.3 Å². The molecule has 7 heteroatoms. The number of halogens is 1. The van der Waals surface area contributed by atoms with E-state index in [0.29, 0.717) is 35.4 Å². The Morgan fingerprint density at radius 1 is 1.18 bits per heavy atom. The number of carbonyl (C=O) groups is 2. The van der Waals surface area contributed by atoms with Gasteiger partial charge in [-0.3, -0.25) is 9.59 Å². The van der Waals surface area contributed by atoms with Crippen molar-refractivity contribution >= 4 is 35.2 Å². The van der Waals surface area contributed by atoms with Crippen molar-refractivity contribution in [1.29, 1.82) is 0 Å². The minimum Gasteiger partial charge on any atom is -0.493 e. The molecule has 2 aromatic carbocycles. The van der Waals surface area contributed by atoms with Crippen LogP contribution >= 0.6 is 11.6 Å². The third-order valence-electron chi connectivity index (χ3n) is 3.70. The first-order chi connectivity index (χ1) is 13.4. The van der Waals surface area contributed by atoms with Gasteiger partial charge in [0.15, 0.2) is 11.5 Å². The first-order valence-corrected chi connectivity index (χ1v) is 9.13. The second kappa shape index (κ2) is 10.4. The van der Waals surface area contributed by atoms with Gasteiger partial charge in [0.2, 0.25) is 11.8 Å². The quantitative estimate of drug-likeness (QED) is 0.653. The summed E-state index contributed by atoms with van der Waals surface area (Å²) in [7, 11) is 1.54. The number of rotatable bonds is 8. The third kappa shape index (κ3) is 6.32. The second-order valence-corrected chi connectivity index (χ2v) is 6.30. The number of benzene rings is 2. The number of methoxy groups -OCH3 is 1. The first-order valence-electron chi connectivity index (χ1n) is 8.75. The number of nitrogens with one attached hydrogen (secondary N) is 2. The Bertz CT molecular complexity index is 863. The molecule has 28 heavy (non-hydrogen) atoms. The van der Waals surface area contributed by atoms with Crippen LogP contribution in [-0.2, 0) is 16.1 Å². The molecule has 0 saturated carbocycles. The van der Waals surface area contributed by atoms with Crippen molar-refractivity contribution in [3.8, 4) is 11.5 Å². The van der Waals surface area contributed by atoms with Crippen LogP contribution in [0.4, 0.5) is 5.69 Å². The minimum atomic E-state index is -0.241. The molecule has 0 bridgehead atoms. The number of amides is 2. The maximum absolute atomic E-state index is 12.1. The molecule has 0 atom stereocenters. The highest BCUT2D eigenvalue weighted by atomic mass is 35.5. The van der Waals surface area contributed by atoms with Gasteiger partial charge in [-0.2, -0.15) is 0 Å². The Labute approximate surface area is 169 Å². The molecule has 2 amide bonds. The van der Waals surface area contributed by atoms with Gasteiger partial charge in [0.05, 0.1) is 18.7 Å². The average molecular weight is 403 g/mol. The van der Waals surface area contributed by atoms with E-state index in [-0.39, 0.29) is 11.8 Å². The SMILES string of the molecule is CCOc1c(Cl)cc(CNC(=O)C=Cc2ccc(NC(C)=O)cc2)cc1OC. The van der Waals surface area contributed by atoms with E-state index >= 15 is 0 Å². The van der Waals surface area contributed by atoms with Crippen LogP contribution < -0.4 is 20.1 Å². The Kier molecular flexibility index (Phi) is 7.89. The summed E-state index contributed by atoms with van der Waals surface area (Å²) in [5.41, 5.74) is 2.34. The maximum Gasteiger partial charge on any atom is 0.244 e. The Balaban J connectivity index is 1.95. The highest BCUT2D eigenvalue weighted by Crippen LogP contribution is 2.36. The van der Waals surface area contributed by atoms with Crippen molar-refractivity contribution in [2.45, 2.75) is 20.4 Å². The van der Waals surface area contributed by atoms with Crippen molar-refractivity contribution in [2.24, 2.45) is 0 Å². The lowest BCUT2D eigenvalue weighted by Gasteiger charge is -2.13. The number of ether oxygens (including phenoxy) is 2. The van der Waals surface area contributed by atoms with Crippen LogP contribution in [0.3, 0.4) is 0 Å². The second-order valence-electron chi connectivity index (χ2n) is 5.90. The molecule has 2 N–H and O–H groups in total. The summed E-state index contributed by atoms with van der Waals surface area (Å²) in [5.74, 6) is 0.640. The fraction of sp³-hybridized carbons (Fsp3) is 0.238. The molecule has 2 rings (SSSR count). The van der Waals surface area contributed by atoms with Crippen molar-refractivity contribution in [3.63, 3.8) is 0 Å². The van der Waals surface area contributed by atoms with Gasteiger partial charge in [0.1, 0.15) is 0 Å². The highest BCUT2D eigenvalue weighted by Gasteiger charge is 2.11. The van der Waals surface area contributed by atoms with Gasteiger partial charge >= 0.3 is 0 Å². The molecular weight excluding hydrogens is 380 g/mol. The van der Waals surface area contributed by atoms with Crippen molar-refractivity contribution in [1.82, 2.24) is 5.32 Å². The summed E-state index contributed by atoms with van der Waals surface area (Å²) >= 11 is 6.23. The van der Waals surface area contributed by atoms with Gasteiger partial charge in [-0.15, -0.1) is 0 Å². The van der Waals surface area contributed by atoms with Crippen LogP contribution in [0.25, 0.3) is 6.08 Å². The molecule has 0 aliphatic rings. The lowest BCUT2D eigenvalue weighted by atomic mass is 10.2. The molecule has 0 fully saturated rings. The van der Waals surface area contributed by atoms with Crippen LogP contribution in [0.15, 0.2) is 42.5 Å². The summed E-state index contributed by atoms with van der Waals surface area (Å²) < 4.78 is 10.8. The van der Waals surface area contributed by atoms with E-state index < -0.39 is 0 Å². The molecule has 0 heterocycles. The van der Waals surface area contributed by atoms with Crippen molar-refractivity contribution < 1.29 is 19.1 Å². The van der Waals surface area contributed by atoms with E-state index in [1.165, 1.54) is 20.1 Å². The largest absolute Gasteiger partial charge is 0.493 e. The molecule has 2 aromatic rings. The van der Waals surface area contributed by atoms with Gasteiger partial charge in [0, 0.05) is 25.2 Å². The molecule has 0 spiro atoms. The highest BCUT2D eigenvalue weighted by molar-refractivity contribution is 6.32. The lowest BCUT2D eigenvalue weighted by molar-refractivity contribution is -0.116. The van der Waals surface area contributed by atoms with Crippen LogP contribution in [0, 0.1) is 0 Å². The van der Waals surface area contributed by atoms with E-state index in [0.717, 1.165) is 11.1 Å². The van der Waals surface area contributed by atoms with Crippen molar-refractivity contribution in [3.05, 3.63) is 58.6 Å². The fourth-order valence-electron chi connectivity index (χ4n) is 2.46. The first kappa shape index (κ1) is 21.3. The van der Waals surface area contributed by atoms with Gasteiger partial charge < -0.3 is 20.1 Å². The molecule has 148 valence electrons. The molecular formula is C21H23ClN2O4. The van der Waals surface area contributed by atoms with Gasteiger partial charge in [-0.05, 0) is 48.4 Å². The predicted molar refractivity (Wildman–Crippen MR) is 111 cm³/mol. The number of anilines is 1. The summed E-state index contributed by atoms with van der Waals surface area (Å²) in [4.78, 5) is 23.1. The zero-order valence-electron chi connectivity index (χ0n) is 16.0. The van der Waals surface area contributed by atoms with Crippen LogP contribution in [0.5, 0.6) is 11.5 Å². The van der Waals surface area contributed by atoms with Gasteiger partial charge in [-0.1, -0.05) is 23.7 Å². The fourth-order valence-corrected chi connectivity index (χ4v) is 2.75. The maximum atomic E-state index is 12.1. The number of carbonyl (C=O) groups excluding carboxylic acids is 2. The van der Waals surface area contributed by atoms with E-state index in [1.807, 2.05) is 19.1 Å². The lowest BCUT2D eigenvalue weighted by Crippen LogP contribution is -2.20. The Morgan fingerprint density at radius 2 is 1.89 bits per heavy atom. The molecule has 0 aliphatic heterocycles.